The van der Waals surface area contributed by atoms with Crippen LogP contribution in [0.15, 0.2) is 48.5 Å². The van der Waals surface area contributed by atoms with Crippen LogP contribution in [0.2, 0.25) is 0 Å². The van der Waals surface area contributed by atoms with Gasteiger partial charge in [-0.3, -0.25) is 4.79 Å². The zero-order chi connectivity index (χ0) is 18.2. The summed E-state index contributed by atoms with van der Waals surface area (Å²) >= 11 is 0. The van der Waals surface area contributed by atoms with Crippen molar-refractivity contribution in [1.29, 1.82) is 0 Å². The van der Waals surface area contributed by atoms with Crippen LogP contribution in [0.5, 0.6) is 17.2 Å². The number of ether oxygens (including phenoxy) is 3. The van der Waals surface area contributed by atoms with Crippen LogP contribution in [0.4, 0.5) is 5.69 Å². The van der Waals surface area contributed by atoms with Gasteiger partial charge in [0.2, 0.25) is 0 Å². The van der Waals surface area contributed by atoms with Gasteiger partial charge in [-0.1, -0.05) is 6.92 Å². The summed E-state index contributed by atoms with van der Waals surface area (Å²) in [5.41, 5.74) is 0.706. The third-order valence-electron chi connectivity index (χ3n) is 3.49. The minimum Gasteiger partial charge on any atom is -0.497 e. The molecule has 0 fully saturated rings. The quantitative estimate of drug-likeness (QED) is 0.777. The second-order valence-electron chi connectivity index (χ2n) is 5.87. The predicted molar refractivity (Wildman–Crippen MR) is 98.5 cm³/mol. The van der Waals surface area contributed by atoms with Crippen LogP contribution in [0, 0.1) is 0 Å². The van der Waals surface area contributed by atoms with Crippen LogP contribution in [0.3, 0.4) is 0 Å². The summed E-state index contributed by atoms with van der Waals surface area (Å²) in [4.78, 5) is 12.4. The molecule has 1 atom stereocenters. The van der Waals surface area contributed by atoms with Gasteiger partial charge in [0.15, 0.2) is 6.10 Å². The number of amides is 1. The molecule has 0 heterocycles. The lowest BCUT2D eigenvalue weighted by Crippen LogP contribution is -2.32. The number of methoxy groups -OCH3 is 1. The molecule has 0 saturated heterocycles. The summed E-state index contributed by atoms with van der Waals surface area (Å²) in [5, 5.41) is 2.87. The van der Waals surface area contributed by atoms with Crippen LogP contribution >= 0.6 is 0 Å². The normalized spacial score (nSPS) is 11.7. The average Bonchev–Trinajstić information content (AvgIpc) is 2.61. The summed E-state index contributed by atoms with van der Waals surface area (Å²) < 4.78 is 16.5. The molecule has 0 bridgehead atoms. The van der Waals surface area contributed by atoms with Crippen molar-refractivity contribution in [2.45, 2.75) is 39.4 Å². The molecule has 0 radical (unpaired) electrons. The average molecular weight is 343 g/mol. The van der Waals surface area contributed by atoms with Crippen molar-refractivity contribution in [2.75, 3.05) is 12.4 Å². The Bertz CT molecular complexity index is 665. The SMILES string of the molecule is CC[C@@H](Oc1ccc(OC)cc1)C(=O)Nc1ccc(OC(C)C)cc1. The van der Waals surface area contributed by atoms with E-state index in [2.05, 4.69) is 5.32 Å². The lowest BCUT2D eigenvalue weighted by atomic mass is 10.2. The van der Waals surface area contributed by atoms with E-state index < -0.39 is 6.10 Å². The number of rotatable bonds is 8. The van der Waals surface area contributed by atoms with E-state index in [-0.39, 0.29) is 12.0 Å². The molecule has 0 spiro atoms. The van der Waals surface area contributed by atoms with Crippen molar-refractivity contribution in [3.05, 3.63) is 48.5 Å². The molecule has 1 N–H and O–H groups in total. The van der Waals surface area contributed by atoms with Gasteiger partial charge in [-0.25, -0.2) is 0 Å². The maximum absolute atomic E-state index is 12.4. The van der Waals surface area contributed by atoms with Crippen LogP contribution in [0.25, 0.3) is 0 Å². The Kier molecular flexibility index (Phi) is 6.69. The third-order valence-corrected chi connectivity index (χ3v) is 3.49. The van der Waals surface area contributed by atoms with Gasteiger partial charge >= 0.3 is 0 Å². The molecule has 2 aromatic carbocycles. The summed E-state index contributed by atoms with van der Waals surface area (Å²) in [6.07, 6.45) is 0.106. The van der Waals surface area contributed by atoms with E-state index in [9.17, 15) is 4.79 Å². The molecule has 0 aliphatic rings. The molecule has 0 aromatic heterocycles. The maximum atomic E-state index is 12.4. The van der Waals surface area contributed by atoms with E-state index >= 15 is 0 Å². The number of anilines is 1. The van der Waals surface area contributed by atoms with Crippen molar-refractivity contribution in [3.8, 4) is 17.2 Å². The predicted octanol–water partition coefficient (Wildman–Crippen LogP) is 4.28. The zero-order valence-corrected chi connectivity index (χ0v) is 15.1. The topological polar surface area (TPSA) is 56.8 Å². The first-order valence-electron chi connectivity index (χ1n) is 8.40. The van der Waals surface area contributed by atoms with Gasteiger partial charge in [0.1, 0.15) is 17.2 Å². The zero-order valence-electron chi connectivity index (χ0n) is 15.1. The summed E-state index contributed by atoms with van der Waals surface area (Å²) in [7, 11) is 1.61. The van der Waals surface area contributed by atoms with Crippen LogP contribution in [-0.2, 0) is 4.79 Å². The highest BCUT2D eigenvalue weighted by atomic mass is 16.5. The van der Waals surface area contributed by atoms with E-state index in [4.69, 9.17) is 14.2 Å². The summed E-state index contributed by atoms with van der Waals surface area (Å²) in [6.45, 7) is 5.85. The van der Waals surface area contributed by atoms with E-state index in [0.717, 1.165) is 11.5 Å². The molecule has 2 aromatic rings. The van der Waals surface area contributed by atoms with Crippen molar-refractivity contribution in [1.82, 2.24) is 0 Å². The van der Waals surface area contributed by atoms with Crippen LogP contribution in [-0.4, -0.2) is 25.2 Å². The Morgan fingerprint density at radius 1 is 0.920 bits per heavy atom. The van der Waals surface area contributed by atoms with Gasteiger partial charge in [-0.05, 0) is 68.8 Å². The molecule has 134 valence electrons. The fourth-order valence-electron chi connectivity index (χ4n) is 2.25. The van der Waals surface area contributed by atoms with E-state index in [0.29, 0.717) is 17.9 Å². The highest BCUT2D eigenvalue weighted by Crippen LogP contribution is 2.20. The van der Waals surface area contributed by atoms with E-state index in [1.54, 1.807) is 31.4 Å². The minimum absolute atomic E-state index is 0.114. The number of carbonyl (C=O) groups is 1. The van der Waals surface area contributed by atoms with Gasteiger partial charge in [-0.15, -0.1) is 0 Å². The largest absolute Gasteiger partial charge is 0.497 e. The summed E-state index contributed by atoms with van der Waals surface area (Å²) in [5.74, 6) is 1.96. The molecule has 5 nitrogen and oxygen atoms in total. The van der Waals surface area contributed by atoms with Crippen LogP contribution < -0.4 is 19.5 Å². The Labute approximate surface area is 148 Å². The Morgan fingerprint density at radius 2 is 1.44 bits per heavy atom. The monoisotopic (exact) mass is 343 g/mol. The standard InChI is InChI=1S/C20H25NO4/c1-5-19(25-18-12-10-16(23-4)11-13-18)20(22)21-15-6-8-17(9-7-15)24-14(2)3/h6-14,19H,5H2,1-4H3,(H,21,22)/t19-/m1/s1. The Hall–Kier alpha value is -2.69. The molecule has 5 heteroatoms. The third kappa shape index (κ3) is 5.71. The van der Waals surface area contributed by atoms with E-state index in [1.165, 1.54) is 0 Å². The first-order valence-corrected chi connectivity index (χ1v) is 8.40. The van der Waals surface area contributed by atoms with Crippen LogP contribution in [0.1, 0.15) is 27.2 Å². The van der Waals surface area contributed by atoms with Crippen molar-refractivity contribution in [3.63, 3.8) is 0 Å². The van der Waals surface area contributed by atoms with Crippen molar-refractivity contribution in [2.24, 2.45) is 0 Å². The smallest absolute Gasteiger partial charge is 0.265 e. The second-order valence-corrected chi connectivity index (χ2v) is 5.87. The number of benzene rings is 2. The lowest BCUT2D eigenvalue weighted by Gasteiger charge is -2.18. The molecule has 0 saturated carbocycles. The number of hydrogen-bond acceptors (Lipinski definition) is 4. The lowest BCUT2D eigenvalue weighted by molar-refractivity contribution is -0.122. The van der Waals surface area contributed by atoms with Gasteiger partial charge < -0.3 is 19.5 Å². The fraction of sp³-hybridized carbons (Fsp3) is 0.350. The van der Waals surface area contributed by atoms with Gasteiger partial charge in [0.25, 0.3) is 5.91 Å². The second kappa shape index (κ2) is 8.97. The molecular formula is C20H25NO4. The number of carbonyl (C=O) groups excluding carboxylic acids is 1. The fourth-order valence-corrected chi connectivity index (χ4v) is 2.25. The molecular weight excluding hydrogens is 318 g/mol. The molecule has 0 aliphatic heterocycles. The first-order chi connectivity index (χ1) is 12.0. The Balaban J connectivity index is 1.96. The highest BCUT2D eigenvalue weighted by molar-refractivity contribution is 5.94. The number of hydrogen-bond donors (Lipinski definition) is 1. The maximum Gasteiger partial charge on any atom is 0.265 e. The molecule has 25 heavy (non-hydrogen) atoms. The number of nitrogens with one attached hydrogen (secondary N) is 1. The Morgan fingerprint density at radius 3 is 1.96 bits per heavy atom. The molecule has 1 amide bonds. The van der Waals surface area contributed by atoms with Gasteiger partial charge in [0.05, 0.1) is 13.2 Å². The molecule has 0 unspecified atom stereocenters. The first kappa shape index (κ1) is 18.6. The van der Waals surface area contributed by atoms with Gasteiger partial charge in [0, 0.05) is 5.69 Å². The minimum atomic E-state index is -0.569. The van der Waals surface area contributed by atoms with Crippen molar-refractivity contribution >= 4 is 11.6 Å². The summed E-state index contributed by atoms with van der Waals surface area (Å²) in [6, 6.07) is 14.5. The highest BCUT2D eigenvalue weighted by Gasteiger charge is 2.18. The van der Waals surface area contributed by atoms with Gasteiger partial charge in [-0.2, -0.15) is 0 Å². The van der Waals surface area contributed by atoms with E-state index in [1.807, 2.05) is 45.0 Å². The molecule has 2 rings (SSSR count). The van der Waals surface area contributed by atoms with Crippen molar-refractivity contribution < 1.29 is 19.0 Å². The molecule has 0 aliphatic carbocycles.